The average molecular weight is 500 g/mol. The lowest BCUT2D eigenvalue weighted by atomic mass is 10.1. The van der Waals surface area contributed by atoms with Gasteiger partial charge in [-0.05, 0) is 51.1 Å². The van der Waals surface area contributed by atoms with Crippen LogP contribution in [0.3, 0.4) is 0 Å². The zero-order valence-corrected chi connectivity index (χ0v) is 20.5. The van der Waals surface area contributed by atoms with Crippen molar-refractivity contribution in [3.8, 4) is 11.4 Å². The number of carbonyl (C=O) groups is 1. The number of anilines is 1. The molecule has 1 amide bonds. The molecular formula is C23H23Cl2N7O2. The molecule has 0 bridgehead atoms. The predicted molar refractivity (Wildman–Crippen MR) is 130 cm³/mol. The number of aromatic nitrogens is 5. The van der Waals surface area contributed by atoms with Gasteiger partial charge in [-0.3, -0.25) is 4.79 Å². The van der Waals surface area contributed by atoms with E-state index in [0.717, 1.165) is 0 Å². The van der Waals surface area contributed by atoms with E-state index >= 15 is 0 Å². The van der Waals surface area contributed by atoms with E-state index in [9.17, 15) is 4.79 Å². The van der Waals surface area contributed by atoms with Crippen molar-refractivity contribution in [2.45, 2.75) is 26.3 Å². The molecule has 4 aromatic rings. The van der Waals surface area contributed by atoms with Crippen LogP contribution >= 0.6 is 23.2 Å². The molecule has 0 atom stereocenters. The zero-order valence-electron chi connectivity index (χ0n) is 19.0. The molecule has 0 aliphatic carbocycles. The second kappa shape index (κ2) is 8.56. The van der Waals surface area contributed by atoms with Gasteiger partial charge in [-0.25, -0.2) is 14.6 Å². The summed E-state index contributed by atoms with van der Waals surface area (Å²) in [6.45, 7) is 8.38. The van der Waals surface area contributed by atoms with Crippen molar-refractivity contribution in [3.05, 3.63) is 52.4 Å². The van der Waals surface area contributed by atoms with Crippen LogP contribution in [-0.2, 0) is 5.54 Å². The number of pyridine rings is 1. The van der Waals surface area contributed by atoms with Crippen LogP contribution in [0, 0.1) is 0 Å². The minimum Gasteiger partial charge on any atom is -0.422 e. The maximum Gasteiger partial charge on any atom is 0.300 e. The first kappa shape index (κ1) is 22.6. The lowest BCUT2D eigenvalue weighted by Crippen LogP contribution is -2.48. The van der Waals surface area contributed by atoms with Crippen molar-refractivity contribution in [2.75, 3.05) is 31.1 Å². The fourth-order valence-corrected chi connectivity index (χ4v) is 4.15. The summed E-state index contributed by atoms with van der Waals surface area (Å²) < 4.78 is 7.59. The minimum atomic E-state index is -0.183. The summed E-state index contributed by atoms with van der Waals surface area (Å²) in [6, 6.07) is 9.13. The predicted octanol–water partition coefficient (Wildman–Crippen LogP) is 4.51. The van der Waals surface area contributed by atoms with Crippen molar-refractivity contribution >= 4 is 46.4 Å². The van der Waals surface area contributed by atoms with Crippen LogP contribution in [0.15, 0.2) is 41.1 Å². The van der Waals surface area contributed by atoms with Crippen LogP contribution in [0.1, 0.15) is 31.1 Å². The topological polar surface area (TPSA) is 93.2 Å². The third-order valence-electron chi connectivity index (χ3n) is 5.68. The van der Waals surface area contributed by atoms with Crippen LogP contribution in [0.25, 0.3) is 22.6 Å². The molecule has 0 spiro atoms. The molecule has 34 heavy (non-hydrogen) atoms. The number of amides is 1. The standard InChI is InChI=1S/C23H23Cl2N7O2/c1-23(2,3)32-13-26-19(29-32)15-5-4-14(12-16(15)24)21(33)30-8-10-31(11-9-30)22-28-20-17(34-22)6-7-18(25)27-20/h4-7,12-13H,8-11H2,1-3H3. The number of benzene rings is 1. The van der Waals surface area contributed by atoms with Crippen molar-refractivity contribution < 1.29 is 9.21 Å². The van der Waals surface area contributed by atoms with Gasteiger partial charge in [0.2, 0.25) is 5.65 Å². The molecule has 1 saturated heterocycles. The van der Waals surface area contributed by atoms with Gasteiger partial charge >= 0.3 is 0 Å². The normalized spacial score (nSPS) is 14.7. The number of carbonyl (C=O) groups excluding carboxylic acids is 1. The Kier molecular flexibility index (Phi) is 5.69. The lowest BCUT2D eigenvalue weighted by Gasteiger charge is -2.33. The first-order valence-corrected chi connectivity index (χ1v) is 11.6. The molecule has 0 saturated carbocycles. The van der Waals surface area contributed by atoms with E-state index in [1.165, 1.54) is 0 Å². The van der Waals surface area contributed by atoms with E-state index in [4.69, 9.17) is 27.6 Å². The first-order chi connectivity index (χ1) is 16.2. The van der Waals surface area contributed by atoms with Crippen LogP contribution in [0.2, 0.25) is 10.2 Å². The minimum absolute atomic E-state index is 0.0766. The molecule has 1 aliphatic heterocycles. The number of hydrogen-bond acceptors (Lipinski definition) is 7. The van der Waals surface area contributed by atoms with E-state index in [2.05, 4.69) is 20.1 Å². The van der Waals surface area contributed by atoms with Gasteiger partial charge in [-0.1, -0.05) is 23.2 Å². The highest BCUT2D eigenvalue weighted by molar-refractivity contribution is 6.33. The fraction of sp³-hybridized carbons (Fsp3) is 0.348. The molecule has 0 N–H and O–H groups in total. The molecule has 3 aromatic heterocycles. The molecule has 11 heteroatoms. The zero-order chi connectivity index (χ0) is 24.0. The van der Waals surface area contributed by atoms with Gasteiger partial charge in [0.05, 0.1) is 10.6 Å². The Hall–Kier alpha value is -3.17. The number of oxazole rings is 1. The number of fused-ring (bicyclic) bond motifs is 1. The Labute approximate surface area is 206 Å². The molecule has 0 radical (unpaired) electrons. The van der Waals surface area contributed by atoms with Crippen molar-refractivity contribution in [1.29, 1.82) is 0 Å². The van der Waals surface area contributed by atoms with Crippen molar-refractivity contribution in [2.24, 2.45) is 0 Å². The third-order valence-corrected chi connectivity index (χ3v) is 6.20. The number of nitrogens with zero attached hydrogens (tertiary/aromatic N) is 7. The maximum atomic E-state index is 13.1. The van der Waals surface area contributed by atoms with E-state index in [1.807, 2.05) is 25.7 Å². The Balaban J connectivity index is 1.27. The summed E-state index contributed by atoms with van der Waals surface area (Å²) in [4.78, 5) is 29.9. The lowest BCUT2D eigenvalue weighted by molar-refractivity contribution is 0.0745. The largest absolute Gasteiger partial charge is 0.422 e. The van der Waals surface area contributed by atoms with E-state index in [1.54, 1.807) is 46.2 Å². The van der Waals surface area contributed by atoms with Gasteiger partial charge < -0.3 is 14.2 Å². The summed E-state index contributed by atoms with van der Waals surface area (Å²) in [5, 5.41) is 5.33. The van der Waals surface area contributed by atoms with Gasteiger partial charge in [0.25, 0.3) is 11.9 Å². The van der Waals surface area contributed by atoms with Crippen molar-refractivity contribution in [3.63, 3.8) is 0 Å². The van der Waals surface area contributed by atoms with Gasteiger partial charge in [0.15, 0.2) is 11.4 Å². The van der Waals surface area contributed by atoms with Gasteiger partial charge in [0, 0.05) is 37.3 Å². The van der Waals surface area contributed by atoms with E-state index in [-0.39, 0.29) is 11.4 Å². The highest BCUT2D eigenvalue weighted by atomic mass is 35.5. The average Bonchev–Trinajstić information content (AvgIpc) is 3.46. The third kappa shape index (κ3) is 4.33. The summed E-state index contributed by atoms with van der Waals surface area (Å²) in [7, 11) is 0. The molecule has 1 fully saturated rings. The smallest absolute Gasteiger partial charge is 0.300 e. The molecule has 176 valence electrons. The Bertz CT molecular complexity index is 1370. The number of halogens is 2. The van der Waals surface area contributed by atoms with Crippen LogP contribution < -0.4 is 4.90 Å². The quantitative estimate of drug-likeness (QED) is 0.382. The Morgan fingerprint density at radius 1 is 1.03 bits per heavy atom. The Morgan fingerprint density at radius 3 is 2.47 bits per heavy atom. The first-order valence-electron chi connectivity index (χ1n) is 10.9. The fourth-order valence-electron chi connectivity index (χ4n) is 3.74. The monoisotopic (exact) mass is 499 g/mol. The van der Waals surface area contributed by atoms with E-state index < -0.39 is 0 Å². The molecule has 1 aromatic carbocycles. The second-order valence-electron chi connectivity index (χ2n) is 9.11. The van der Waals surface area contributed by atoms with Gasteiger partial charge in [-0.2, -0.15) is 10.1 Å². The molecule has 9 nitrogen and oxygen atoms in total. The van der Waals surface area contributed by atoms with Crippen LogP contribution in [-0.4, -0.2) is 61.7 Å². The van der Waals surface area contributed by atoms with E-state index in [0.29, 0.717) is 70.6 Å². The van der Waals surface area contributed by atoms with Gasteiger partial charge in [0.1, 0.15) is 11.5 Å². The summed E-state index contributed by atoms with van der Waals surface area (Å²) in [5.41, 5.74) is 2.08. The SMILES string of the molecule is CC(C)(C)n1cnc(-c2ccc(C(=O)N3CCN(c4nc5nc(Cl)ccc5o4)CC3)cc2Cl)n1. The molecule has 5 rings (SSSR count). The number of hydrogen-bond donors (Lipinski definition) is 0. The van der Waals surface area contributed by atoms with Crippen LogP contribution in [0.5, 0.6) is 0 Å². The molecule has 1 aliphatic rings. The molecule has 4 heterocycles. The number of piperazine rings is 1. The highest BCUT2D eigenvalue weighted by Crippen LogP contribution is 2.28. The summed E-state index contributed by atoms with van der Waals surface area (Å²) in [5.74, 6) is 0.453. The van der Waals surface area contributed by atoms with Crippen molar-refractivity contribution in [1.82, 2.24) is 29.6 Å². The summed E-state index contributed by atoms with van der Waals surface area (Å²) >= 11 is 12.5. The summed E-state index contributed by atoms with van der Waals surface area (Å²) in [6.07, 6.45) is 1.69. The molecule has 0 unspecified atom stereocenters. The second-order valence-corrected chi connectivity index (χ2v) is 9.90. The number of rotatable bonds is 3. The van der Waals surface area contributed by atoms with Crippen LogP contribution in [0.4, 0.5) is 6.01 Å². The van der Waals surface area contributed by atoms with Gasteiger partial charge in [-0.15, -0.1) is 0 Å². The molecular weight excluding hydrogens is 477 g/mol. The highest BCUT2D eigenvalue weighted by Gasteiger charge is 2.26. The maximum absolute atomic E-state index is 13.1. The Morgan fingerprint density at radius 2 is 1.79 bits per heavy atom.